The molecule has 1 fully saturated rings. The topological polar surface area (TPSA) is 147 Å². The van der Waals surface area contributed by atoms with Crippen molar-refractivity contribution >= 4 is 73.9 Å². The number of carbonyl (C=O) groups excluding carboxylic acids is 3. The second-order valence-corrected chi connectivity index (χ2v) is 9.24. The molecule has 2 aromatic carbocycles. The first-order chi connectivity index (χ1) is 15.7. The quantitative estimate of drug-likeness (QED) is 0.404. The molecule has 1 aliphatic heterocycles. The summed E-state index contributed by atoms with van der Waals surface area (Å²) in [5.74, 6) is -1.03. The minimum atomic E-state index is -1.13. The number of nitrogens with two attached hydrogens (primary N) is 1. The van der Waals surface area contributed by atoms with E-state index in [0.29, 0.717) is 39.0 Å². The Morgan fingerprint density at radius 1 is 1.12 bits per heavy atom. The van der Waals surface area contributed by atoms with Gasteiger partial charge in [0, 0.05) is 34.0 Å². The van der Waals surface area contributed by atoms with Crippen LogP contribution in [0.15, 0.2) is 53.1 Å². The summed E-state index contributed by atoms with van der Waals surface area (Å²) >= 11 is 4.52. The number of anilines is 2. The summed E-state index contributed by atoms with van der Waals surface area (Å²) in [5, 5.41) is 14.5. The van der Waals surface area contributed by atoms with Crippen molar-refractivity contribution in [1.29, 1.82) is 0 Å². The molecule has 4 amide bonds. The van der Waals surface area contributed by atoms with E-state index in [-0.39, 0.29) is 5.56 Å². The molecule has 33 heavy (non-hydrogen) atoms. The number of carboxylic acids is 1. The van der Waals surface area contributed by atoms with Crippen molar-refractivity contribution in [2.45, 2.75) is 5.37 Å². The number of nitrogens with zero attached hydrogens (tertiary/aromatic N) is 2. The van der Waals surface area contributed by atoms with Crippen LogP contribution in [0.25, 0.3) is 10.9 Å². The predicted octanol–water partition coefficient (Wildman–Crippen LogP) is 3.57. The van der Waals surface area contributed by atoms with Crippen LogP contribution in [0.3, 0.4) is 0 Å². The number of aromatic carboxylic acids is 1. The molecule has 5 N–H and O–H groups in total. The molecule has 0 radical (unpaired) electrons. The molecule has 0 unspecified atom stereocenters. The lowest BCUT2D eigenvalue weighted by molar-refractivity contribution is -0.117. The van der Waals surface area contributed by atoms with Crippen LogP contribution in [-0.4, -0.2) is 56.2 Å². The Kier molecular flexibility index (Phi) is 6.29. The first kappa shape index (κ1) is 22.7. The number of halogens is 1. The predicted molar refractivity (Wildman–Crippen MR) is 129 cm³/mol. The number of para-hydroxylation sites is 1. The standard InChI is InChI=1S/C21H18BrN5O5S/c22-12-7-11(19(29)30)8-13(9-12)24-17(28)18-26(5-6-33-18)21(32)25-15-10-27(20(23)31)16-4-2-1-3-14(15)16/h1-4,7-10,18H,5-6H2,(H2,23,31)(H,24,28)(H,25,32)(H,29,30)/t18-/m0/s1. The first-order valence-corrected chi connectivity index (χ1v) is 11.5. The third kappa shape index (κ3) is 4.66. The lowest BCUT2D eigenvalue weighted by Gasteiger charge is -2.23. The molecule has 10 nitrogen and oxygen atoms in total. The van der Waals surface area contributed by atoms with Gasteiger partial charge in [0.1, 0.15) is 0 Å². The summed E-state index contributed by atoms with van der Waals surface area (Å²) in [6, 6.07) is 10.1. The van der Waals surface area contributed by atoms with Crippen molar-refractivity contribution in [3.05, 3.63) is 58.7 Å². The number of benzene rings is 2. The zero-order valence-electron chi connectivity index (χ0n) is 16.9. The largest absolute Gasteiger partial charge is 0.478 e. The number of aromatic nitrogens is 1. The molecule has 170 valence electrons. The number of primary amides is 1. The van der Waals surface area contributed by atoms with E-state index in [9.17, 15) is 24.3 Å². The van der Waals surface area contributed by atoms with Crippen LogP contribution >= 0.6 is 27.7 Å². The van der Waals surface area contributed by atoms with Crippen LogP contribution in [0.1, 0.15) is 10.4 Å². The van der Waals surface area contributed by atoms with Gasteiger partial charge < -0.3 is 26.4 Å². The molecule has 12 heteroatoms. The third-order valence-corrected chi connectivity index (χ3v) is 6.64. The van der Waals surface area contributed by atoms with E-state index in [1.165, 1.54) is 39.6 Å². The fourth-order valence-electron chi connectivity index (χ4n) is 3.53. The van der Waals surface area contributed by atoms with Gasteiger partial charge in [0.2, 0.25) is 0 Å². The summed E-state index contributed by atoms with van der Waals surface area (Å²) in [6.07, 6.45) is 1.44. The van der Waals surface area contributed by atoms with Crippen molar-refractivity contribution in [2.24, 2.45) is 5.73 Å². The highest BCUT2D eigenvalue weighted by molar-refractivity contribution is 9.10. The Hall–Kier alpha value is -3.51. The molecule has 1 aliphatic rings. The lowest BCUT2D eigenvalue weighted by atomic mass is 10.2. The van der Waals surface area contributed by atoms with Crippen molar-refractivity contribution in [2.75, 3.05) is 22.9 Å². The van der Waals surface area contributed by atoms with Crippen LogP contribution in [0.5, 0.6) is 0 Å². The van der Waals surface area contributed by atoms with E-state index < -0.39 is 29.3 Å². The Bertz CT molecular complexity index is 1290. The molecule has 1 aromatic heterocycles. The molecule has 2 heterocycles. The van der Waals surface area contributed by atoms with Gasteiger partial charge >= 0.3 is 18.0 Å². The third-order valence-electron chi connectivity index (χ3n) is 4.98. The van der Waals surface area contributed by atoms with Gasteiger partial charge in [-0.25, -0.2) is 14.4 Å². The summed E-state index contributed by atoms with van der Waals surface area (Å²) in [7, 11) is 0. The molecule has 0 aliphatic carbocycles. The number of nitrogens with one attached hydrogen (secondary N) is 2. The Morgan fingerprint density at radius 2 is 1.88 bits per heavy atom. The molecule has 3 aromatic rings. The van der Waals surface area contributed by atoms with Gasteiger partial charge in [0.05, 0.1) is 16.8 Å². The van der Waals surface area contributed by atoms with Gasteiger partial charge in [-0.05, 0) is 24.3 Å². The lowest BCUT2D eigenvalue weighted by Crippen LogP contribution is -2.44. The zero-order valence-corrected chi connectivity index (χ0v) is 19.4. The number of hydrogen-bond acceptors (Lipinski definition) is 5. The monoisotopic (exact) mass is 531 g/mol. The number of rotatable bonds is 4. The maximum absolute atomic E-state index is 13.0. The van der Waals surface area contributed by atoms with E-state index in [1.807, 2.05) is 0 Å². The minimum absolute atomic E-state index is 0.0131. The Balaban J connectivity index is 1.52. The van der Waals surface area contributed by atoms with Gasteiger partial charge in [-0.15, -0.1) is 11.8 Å². The van der Waals surface area contributed by atoms with Crippen LogP contribution in [0.4, 0.5) is 21.0 Å². The highest BCUT2D eigenvalue weighted by Gasteiger charge is 2.35. The van der Waals surface area contributed by atoms with Crippen LogP contribution in [-0.2, 0) is 4.79 Å². The smallest absolute Gasteiger partial charge is 0.335 e. The van der Waals surface area contributed by atoms with E-state index in [4.69, 9.17) is 5.73 Å². The molecule has 1 saturated heterocycles. The second kappa shape index (κ2) is 9.16. The fourth-order valence-corrected chi connectivity index (χ4v) is 5.14. The summed E-state index contributed by atoms with van der Waals surface area (Å²) in [4.78, 5) is 50.3. The van der Waals surface area contributed by atoms with Gasteiger partial charge in [-0.2, -0.15) is 0 Å². The van der Waals surface area contributed by atoms with E-state index in [1.54, 1.807) is 30.3 Å². The Morgan fingerprint density at radius 3 is 2.61 bits per heavy atom. The molecular weight excluding hydrogens is 514 g/mol. The SMILES string of the molecule is NC(=O)n1cc(NC(=O)N2CCS[C@H]2C(=O)Nc2cc(Br)cc(C(=O)O)c2)c2ccccc21. The van der Waals surface area contributed by atoms with Gasteiger partial charge in [0.25, 0.3) is 5.91 Å². The molecule has 0 saturated carbocycles. The summed E-state index contributed by atoms with van der Waals surface area (Å²) < 4.78 is 1.73. The van der Waals surface area contributed by atoms with E-state index in [0.717, 1.165) is 0 Å². The van der Waals surface area contributed by atoms with Crippen molar-refractivity contribution < 1.29 is 24.3 Å². The highest BCUT2D eigenvalue weighted by Crippen LogP contribution is 2.29. The number of fused-ring (bicyclic) bond motifs is 1. The fraction of sp³-hybridized carbons (Fsp3) is 0.143. The minimum Gasteiger partial charge on any atom is -0.478 e. The van der Waals surface area contributed by atoms with Gasteiger partial charge in [-0.3, -0.25) is 9.36 Å². The zero-order chi connectivity index (χ0) is 23.7. The number of carbonyl (C=O) groups is 4. The van der Waals surface area contributed by atoms with E-state index in [2.05, 4.69) is 26.6 Å². The summed E-state index contributed by atoms with van der Waals surface area (Å²) in [5.41, 5.74) is 6.68. The first-order valence-electron chi connectivity index (χ1n) is 9.68. The number of amides is 4. The van der Waals surface area contributed by atoms with Crippen molar-refractivity contribution in [3.8, 4) is 0 Å². The van der Waals surface area contributed by atoms with Gasteiger partial charge in [0.15, 0.2) is 5.37 Å². The van der Waals surface area contributed by atoms with E-state index >= 15 is 0 Å². The molecule has 0 bridgehead atoms. The highest BCUT2D eigenvalue weighted by atomic mass is 79.9. The van der Waals surface area contributed by atoms with Gasteiger partial charge in [-0.1, -0.05) is 34.1 Å². The van der Waals surface area contributed by atoms with Crippen LogP contribution in [0.2, 0.25) is 0 Å². The van der Waals surface area contributed by atoms with Crippen LogP contribution in [0, 0.1) is 0 Å². The Labute approximate surface area is 200 Å². The molecule has 1 atom stereocenters. The summed E-state index contributed by atoms with van der Waals surface area (Å²) in [6.45, 7) is 0.335. The molecular formula is C21H18BrN5O5S. The van der Waals surface area contributed by atoms with Crippen molar-refractivity contribution in [1.82, 2.24) is 9.47 Å². The number of carboxylic acid groups (broad SMARTS) is 1. The second-order valence-electron chi connectivity index (χ2n) is 7.14. The van der Waals surface area contributed by atoms with Crippen molar-refractivity contribution in [3.63, 3.8) is 0 Å². The average Bonchev–Trinajstić information content (AvgIpc) is 3.39. The maximum Gasteiger partial charge on any atom is 0.335 e. The molecule has 4 rings (SSSR count). The number of hydrogen-bond donors (Lipinski definition) is 4. The number of thioether (sulfide) groups is 1. The normalized spacial score (nSPS) is 15.4. The van der Waals surface area contributed by atoms with Crippen LogP contribution < -0.4 is 16.4 Å². The molecule has 0 spiro atoms. The average molecular weight is 532 g/mol. The maximum atomic E-state index is 13.0. The number of urea groups is 1.